The lowest BCUT2D eigenvalue weighted by Gasteiger charge is -1.86. The molecule has 2 N–H and O–H groups in total. The summed E-state index contributed by atoms with van der Waals surface area (Å²) < 4.78 is 10.8. The SMILES string of the molecule is OCCN[B]F. The van der Waals surface area contributed by atoms with E-state index >= 15 is 0 Å². The highest BCUT2D eigenvalue weighted by Crippen LogP contribution is 1.51. The third kappa shape index (κ3) is 3.91. The number of halogens is 1. The molecule has 0 rings (SSSR count). The lowest BCUT2D eigenvalue weighted by atomic mass is 10.3. The van der Waals surface area contributed by atoms with E-state index in [2.05, 4.69) is 5.23 Å². The average molecular weight is 89.9 g/mol. The first-order chi connectivity index (χ1) is 2.91. The summed E-state index contributed by atoms with van der Waals surface area (Å²) in [6.45, 7) is 0.261. The van der Waals surface area contributed by atoms with Crippen LogP contribution in [0.3, 0.4) is 0 Å². The van der Waals surface area contributed by atoms with Crippen molar-refractivity contribution >= 4 is 7.69 Å². The van der Waals surface area contributed by atoms with E-state index < -0.39 is 0 Å². The number of hydrogen-bond acceptors (Lipinski definition) is 2. The van der Waals surface area contributed by atoms with Gasteiger partial charge in [0.05, 0.1) is 6.61 Å². The van der Waals surface area contributed by atoms with Gasteiger partial charge in [0.2, 0.25) is 0 Å². The molecular weight excluding hydrogens is 83.8 g/mol. The average Bonchev–Trinajstić information content (AvgIpc) is 1.61. The molecule has 0 aliphatic carbocycles. The minimum absolute atomic E-state index is 0.0274. The molecule has 0 saturated heterocycles. The van der Waals surface area contributed by atoms with Crippen LogP contribution in [-0.4, -0.2) is 25.9 Å². The van der Waals surface area contributed by atoms with E-state index in [1.54, 1.807) is 0 Å². The summed E-state index contributed by atoms with van der Waals surface area (Å²) >= 11 is 0. The van der Waals surface area contributed by atoms with Crippen molar-refractivity contribution in [3.05, 3.63) is 0 Å². The largest absolute Gasteiger partial charge is 0.451 e. The Labute approximate surface area is 36.7 Å². The molecule has 6 heavy (non-hydrogen) atoms. The maximum Gasteiger partial charge on any atom is 0.451 e. The van der Waals surface area contributed by atoms with Crippen molar-refractivity contribution in [2.24, 2.45) is 0 Å². The van der Waals surface area contributed by atoms with Crippen LogP contribution < -0.4 is 5.23 Å². The second-order valence-electron chi connectivity index (χ2n) is 0.787. The highest BCUT2D eigenvalue weighted by molar-refractivity contribution is 6.22. The predicted octanol–water partition coefficient (Wildman–Crippen LogP) is -0.928. The van der Waals surface area contributed by atoms with Crippen LogP contribution in [0.4, 0.5) is 4.32 Å². The van der Waals surface area contributed by atoms with Gasteiger partial charge in [-0.3, -0.25) is 0 Å². The van der Waals surface area contributed by atoms with E-state index in [0.717, 1.165) is 0 Å². The molecule has 0 fully saturated rings. The van der Waals surface area contributed by atoms with Crippen LogP contribution in [-0.2, 0) is 0 Å². The standard InChI is InChI=1S/C2H6BFNO/c4-3-5-1-2-6/h5-6H,1-2H2. The Hall–Kier alpha value is -0.0851. The van der Waals surface area contributed by atoms with Gasteiger partial charge in [0.1, 0.15) is 0 Å². The molecule has 1 radical (unpaired) electrons. The summed E-state index contributed by atoms with van der Waals surface area (Å²) in [6.07, 6.45) is 0. The molecule has 0 aromatic rings. The van der Waals surface area contributed by atoms with Crippen LogP contribution in [0.15, 0.2) is 0 Å². The van der Waals surface area contributed by atoms with Crippen LogP contribution in [0.25, 0.3) is 0 Å². The number of nitrogens with one attached hydrogen (secondary N) is 1. The Morgan fingerprint density at radius 3 is 2.67 bits per heavy atom. The monoisotopic (exact) mass is 90.1 g/mol. The van der Waals surface area contributed by atoms with Gasteiger partial charge in [-0.1, -0.05) is 0 Å². The van der Waals surface area contributed by atoms with Crippen LogP contribution in [0, 0.1) is 0 Å². The lowest BCUT2D eigenvalue weighted by Crippen LogP contribution is -2.18. The summed E-state index contributed by atoms with van der Waals surface area (Å²) in [5.74, 6) is 0. The van der Waals surface area contributed by atoms with Crippen molar-refractivity contribution in [2.45, 2.75) is 0 Å². The molecule has 0 unspecified atom stereocenters. The van der Waals surface area contributed by atoms with E-state index in [9.17, 15) is 4.32 Å². The number of aliphatic hydroxyl groups is 1. The van der Waals surface area contributed by atoms with E-state index in [4.69, 9.17) is 5.11 Å². The van der Waals surface area contributed by atoms with Crippen LogP contribution in [0.2, 0.25) is 0 Å². The lowest BCUT2D eigenvalue weighted by molar-refractivity contribution is 0.300. The molecule has 0 aliphatic heterocycles. The second-order valence-corrected chi connectivity index (χ2v) is 0.787. The third-order valence-electron chi connectivity index (χ3n) is 0.333. The molecule has 0 amide bonds. The predicted molar refractivity (Wildman–Crippen MR) is 22.0 cm³/mol. The molecular formula is C2H6BFNO. The highest BCUT2D eigenvalue weighted by atomic mass is 19.1. The molecule has 2 nitrogen and oxygen atoms in total. The first-order valence-corrected chi connectivity index (χ1v) is 1.68. The molecule has 0 aliphatic rings. The van der Waals surface area contributed by atoms with Gasteiger partial charge in [0.15, 0.2) is 0 Å². The normalized spacial score (nSPS) is 8.33. The molecule has 0 aromatic heterocycles. The van der Waals surface area contributed by atoms with Crippen molar-refractivity contribution in [3.8, 4) is 0 Å². The van der Waals surface area contributed by atoms with Crippen LogP contribution >= 0.6 is 0 Å². The van der Waals surface area contributed by atoms with Gasteiger partial charge in [0.25, 0.3) is 0 Å². The van der Waals surface area contributed by atoms with Gasteiger partial charge in [-0.2, -0.15) is 0 Å². The quantitative estimate of drug-likeness (QED) is 0.346. The molecule has 0 aromatic carbocycles. The summed E-state index contributed by atoms with van der Waals surface area (Å²) in [5.41, 5.74) is 0. The zero-order valence-corrected chi connectivity index (χ0v) is 3.32. The fourth-order valence-electron chi connectivity index (χ4n) is 0.119. The Kier molecular flexibility index (Phi) is 4.85. The topological polar surface area (TPSA) is 32.3 Å². The fourth-order valence-corrected chi connectivity index (χ4v) is 0.119. The van der Waals surface area contributed by atoms with Crippen molar-refractivity contribution in [1.29, 1.82) is 0 Å². The number of rotatable bonds is 3. The highest BCUT2D eigenvalue weighted by Gasteiger charge is 1.80. The number of aliphatic hydroxyl groups excluding tert-OH is 1. The second kappa shape index (κ2) is 4.91. The Morgan fingerprint density at radius 2 is 2.50 bits per heavy atom. The van der Waals surface area contributed by atoms with Crippen LogP contribution in [0.1, 0.15) is 0 Å². The van der Waals surface area contributed by atoms with E-state index in [1.165, 1.54) is 0 Å². The summed E-state index contributed by atoms with van der Waals surface area (Å²) in [6, 6.07) is 0. The molecule has 0 saturated carbocycles. The Morgan fingerprint density at radius 1 is 1.83 bits per heavy atom. The first kappa shape index (κ1) is 5.91. The minimum atomic E-state index is -0.0274. The van der Waals surface area contributed by atoms with Gasteiger partial charge in [-0.05, 0) is 0 Å². The van der Waals surface area contributed by atoms with E-state index in [0.29, 0.717) is 7.69 Å². The molecule has 0 spiro atoms. The van der Waals surface area contributed by atoms with Gasteiger partial charge >= 0.3 is 7.69 Å². The van der Waals surface area contributed by atoms with Gasteiger partial charge in [-0.25, -0.2) is 0 Å². The molecule has 0 atom stereocenters. The van der Waals surface area contributed by atoms with Gasteiger partial charge in [-0.15, -0.1) is 0 Å². The summed E-state index contributed by atoms with van der Waals surface area (Å²) in [4.78, 5) is 0. The fraction of sp³-hybridized carbons (Fsp3) is 1.00. The van der Waals surface area contributed by atoms with Crippen molar-refractivity contribution < 1.29 is 9.42 Å². The maximum absolute atomic E-state index is 10.8. The van der Waals surface area contributed by atoms with Crippen molar-refractivity contribution in [1.82, 2.24) is 5.23 Å². The molecule has 35 valence electrons. The zero-order chi connectivity index (χ0) is 4.83. The number of hydrogen-bond donors (Lipinski definition) is 2. The Balaban J connectivity index is 2.34. The minimum Gasteiger partial charge on any atom is -0.395 e. The summed E-state index contributed by atoms with van der Waals surface area (Å²) in [5, 5.41) is 10.1. The third-order valence-corrected chi connectivity index (χ3v) is 0.333. The molecule has 4 heteroatoms. The zero-order valence-electron chi connectivity index (χ0n) is 3.32. The van der Waals surface area contributed by atoms with Crippen molar-refractivity contribution in [3.63, 3.8) is 0 Å². The molecule has 0 heterocycles. The van der Waals surface area contributed by atoms with E-state index in [-0.39, 0.29) is 13.2 Å². The van der Waals surface area contributed by atoms with Crippen LogP contribution in [0.5, 0.6) is 0 Å². The summed E-state index contributed by atoms with van der Waals surface area (Å²) in [7, 11) is 0.302. The van der Waals surface area contributed by atoms with E-state index in [1.807, 2.05) is 0 Å². The van der Waals surface area contributed by atoms with Crippen molar-refractivity contribution in [2.75, 3.05) is 13.2 Å². The van der Waals surface area contributed by atoms with Gasteiger partial charge < -0.3 is 14.6 Å². The maximum atomic E-state index is 10.8. The Bertz CT molecular complexity index is 25.5. The molecule has 0 bridgehead atoms. The first-order valence-electron chi connectivity index (χ1n) is 1.68. The smallest absolute Gasteiger partial charge is 0.395 e. The van der Waals surface area contributed by atoms with Gasteiger partial charge in [0, 0.05) is 6.54 Å².